The number of aliphatic imine (C=N–C) groups is 1. The Balaban J connectivity index is 3.11. The summed E-state index contributed by atoms with van der Waals surface area (Å²) in [5, 5.41) is 0. The second-order valence-electron chi connectivity index (χ2n) is 3.69. The molecule has 0 saturated heterocycles. The van der Waals surface area contributed by atoms with Crippen LogP contribution in [0.1, 0.15) is 19.4 Å². The van der Waals surface area contributed by atoms with Crippen LogP contribution in [-0.2, 0) is 10.3 Å². The van der Waals surface area contributed by atoms with Gasteiger partial charge in [0.25, 0.3) is 6.02 Å². The fourth-order valence-electron chi connectivity index (χ4n) is 1.34. The highest BCUT2D eigenvalue weighted by atomic mass is 19.1. The van der Waals surface area contributed by atoms with Crippen molar-refractivity contribution in [1.82, 2.24) is 0 Å². The number of methoxy groups -OCH3 is 1. The molecule has 2 N–H and O–H groups in total. The molecule has 15 heavy (non-hydrogen) atoms. The van der Waals surface area contributed by atoms with Crippen LogP contribution in [0.3, 0.4) is 0 Å². The van der Waals surface area contributed by atoms with E-state index in [9.17, 15) is 4.39 Å². The van der Waals surface area contributed by atoms with Crippen LogP contribution in [0.2, 0.25) is 0 Å². The first kappa shape index (κ1) is 11.5. The van der Waals surface area contributed by atoms with Crippen molar-refractivity contribution in [2.45, 2.75) is 19.4 Å². The minimum atomic E-state index is -0.731. The van der Waals surface area contributed by atoms with Crippen LogP contribution < -0.4 is 5.73 Å². The Bertz CT molecular complexity index is 375. The van der Waals surface area contributed by atoms with Gasteiger partial charge in [0.1, 0.15) is 5.82 Å². The van der Waals surface area contributed by atoms with Crippen molar-refractivity contribution in [2.24, 2.45) is 10.7 Å². The monoisotopic (exact) mass is 210 g/mol. The van der Waals surface area contributed by atoms with Crippen LogP contribution in [0.4, 0.5) is 4.39 Å². The van der Waals surface area contributed by atoms with Gasteiger partial charge in [-0.3, -0.25) is 0 Å². The fourth-order valence-corrected chi connectivity index (χ4v) is 1.34. The van der Waals surface area contributed by atoms with E-state index in [-0.39, 0.29) is 11.8 Å². The Morgan fingerprint density at radius 2 is 2.00 bits per heavy atom. The van der Waals surface area contributed by atoms with Gasteiger partial charge in [-0.25, -0.2) is 9.38 Å². The number of ether oxygens (including phenoxy) is 1. The lowest BCUT2D eigenvalue weighted by atomic mass is 9.95. The molecule has 3 nitrogen and oxygen atoms in total. The molecule has 0 aliphatic rings. The first-order chi connectivity index (χ1) is 6.97. The SMILES string of the molecule is COC(N)=NC(C)(C)c1ccccc1F. The molecule has 0 saturated carbocycles. The molecular weight excluding hydrogens is 195 g/mol. The lowest BCUT2D eigenvalue weighted by molar-refractivity contribution is 0.379. The average molecular weight is 210 g/mol. The van der Waals surface area contributed by atoms with Gasteiger partial charge in [0.15, 0.2) is 0 Å². The molecule has 0 heterocycles. The van der Waals surface area contributed by atoms with E-state index in [1.807, 2.05) is 0 Å². The first-order valence-corrected chi connectivity index (χ1v) is 4.61. The Hall–Kier alpha value is -1.58. The summed E-state index contributed by atoms with van der Waals surface area (Å²) >= 11 is 0. The molecule has 1 rings (SSSR count). The van der Waals surface area contributed by atoms with Crippen LogP contribution >= 0.6 is 0 Å². The van der Waals surface area contributed by atoms with Crippen LogP contribution in [0, 0.1) is 5.82 Å². The number of rotatable bonds is 2. The maximum absolute atomic E-state index is 13.5. The van der Waals surface area contributed by atoms with E-state index in [0.717, 1.165) is 0 Å². The number of nitrogens with two attached hydrogens (primary N) is 1. The number of hydrogen-bond acceptors (Lipinski definition) is 2. The molecule has 0 bridgehead atoms. The second-order valence-corrected chi connectivity index (χ2v) is 3.69. The molecule has 0 aliphatic heterocycles. The van der Waals surface area contributed by atoms with Gasteiger partial charge < -0.3 is 10.5 Å². The summed E-state index contributed by atoms with van der Waals surface area (Å²) in [4.78, 5) is 4.09. The third-order valence-corrected chi connectivity index (χ3v) is 2.13. The zero-order valence-corrected chi connectivity index (χ0v) is 9.12. The van der Waals surface area contributed by atoms with Crippen LogP contribution in [-0.4, -0.2) is 13.1 Å². The van der Waals surface area contributed by atoms with Gasteiger partial charge in [0, 0.05) is 5.56 Å². The molecule has 0 radical (unpaired) electrons. The topological polar surface area (TPSA) is 47.6 Å². The molecule has 0 aromatic heterocycles. The predicted molar refractivity (Wildman–Crippen MR) is 58.1 cm³/mol. The van der Waals surface area contributed by atoms with E-state index in [4.69, 9.17) is 10.5 Å². The van der Waals surface area contributed by atoms with Crippen LogP contribution in [0.15, 0.2) is 29.3 Å². The highest BCUT2D eigenvalue weighted by Crippen LogP contribution is 2.26. The van der Waals surface area contributed by atoms with E-state index in [2.05, 4.69) is 4.99 Å². The fraction of sp³-hybridized carbons (Fsp3) is 0.364. The Kier molecular flexibility index (Phi) is 3.29. The number of hydrogen-bond donors (Lipinski definition) is 1. The van der Waals surface area contributed by atoms with Crippen molar-refractivity contribution in [2.75, 3.05) is 7.11 Å². The molecule has 1 aromatic rings. The van der Waals surface area contributed by atoms with Crippen molar-refractivity contribution >= 4 is 6.02 Å². The van der Waals surface area contributed by atoms with Gasteiger partial charge in [-0.1, -0.05) is 18.2 Å². The molecule has 0 spiro atoms. The highest BCUT2D eigenvalue weighted by molar-refractivity contribution is 5.71. The van der Waals surface area contributed by atoms with Crippen molar-refractivity contribution in [3.05, 3.63) is 35.6 Å². The van der Waals surface area contributed by atoms with Gasteiger partial charge in [-0.15, -0.1) is 0 Å². The molecule has 4 heteroatoms. The van der Waals surface area contributed by atoms with Crippen molar-refractivity contribution in [3.63, 3.8) is 0 Å². The normalized spacial score (nSPS) is 12.7. The van der Waals surface area contributed by atoms with Gasteiger partial charge >= 0.3 is 0 Å². The zero-order chi connectivity index (χ0) is 11.5. The van der Waals surface area contributed by atoms with Gasteiger partial charge in [-0.2, -0.15) is 0 Å². The Morgan fingerprint density at radius 1 is 1.40 bits per heavy atom. The van der Waals surface area contributed by atoms with E-state index in [1.165, 1.54) is 13.2 Å². The zero-order valence-electron chi connectivity index (χ0n) is 9.12. The third-order valence-electron chi connectivity index (χ3n) is 2.13. The second kappa shape index (κ2) is 4.29. The van der Waals surface area contributed by atoms with Gasteiger partial charge in [0.2, 0.25) is 0 Å². The quantitative estimate of drug-likeness (QED) is 0.599. The van der Waals surface area contributed by atoms with E-state index in [1.54, 1.807) is 32.0 Å². The van der Waals surface area contributed by atoms with Gasteiger partial charge in [0.05, 0.1) is 12.6 Å². The molecule has 0 fully saturated rings. The van der Waals surface area contributed by atoms with Crippen molar-refractivity contribution in [3.8, 4) is 0 Å². The van der Waals surface area contributed by atoms with E-state index < -0.39 is 5.54 Å². The first-order valence-electron chi connectivity index (χ1n) is 4.61. The number of benzene rings is 1. The third kappa shape index (κ3) is 2.68. The molecule has 0 aliphatic carbocycles. The van der Waals surface area contributed by atoms with Crippen molar-refractivity contribution < 1.29 is 9.13 Å². The summed E-state index contributed by atoms with van der Waals surface area (Å²) in [6, 6.07) is 6.53. The summed E-state index contributed by atoms with van der Waals surface area (Å²) in [6.07, 6.45) is 0. The largest absolute Gasteiger partial charge is 0.469 e. The number of amidine groups is 1. The minimum absolute atomic E-state index is 0.0447. The van der Waals surface area contributed by atoms with Crippen LogP contribution in [0.5, 0.6) is 0 Å². The minimum Gasteiger partial charge on any atom is -0.469 e. The molecule has 0 atom stereocenters. The van der Waals surface area contributed by atoms with E-state index in [0.29, 0.717) is 5.56 Å². The summed E-state index contributed by atoms with van der Waals surface area (Å²) < 4.78 is 18.2. The number of halogens is 1. The van der Waals surface area contributed by atoms with Gasteiger partial charge in [-0.05, 0) is 19.9 Å². The summed E-state index contributed by atoms with van der Waals surface area (Å²) in [7, 11) is 1.43. The standard InChI is InChI=1S/C11H15FN2O/c1-11(2,14-10(13)15-3)8-6-4-5-7-9(8)12/h4-7H,1-3H3,(H2,13,14). The molecule has 0 amide bonds. The molecule has 1 aromatic carbocycles. The van der Waals surface area contributed by atoms with Crippen molar-refractivity contribution in [1.29, 1.82) is 0 Å². The lowest BCUT2D eigenvalue weighted by Gasteiger charge is -2.21. The summed E-state index contributed by atoms with van der Waals surface area (Å²) in [5.41, 5.74) is 5.21. The van der Waals surface area contributed by atoms with E-state index >= 15 is 0 Å². The number of nitrogens with zero attached hydrogens (tertiary/aromatic N) is 1. The maximum atomic E-state index is 13.5. The highest BCUT2D eigenvalue weighted by Gasteiger charge is 2.23. The Labute approximate surface area is 88.8 Å². The summed E-state index contributed by atoms with van der Waals surface area (Å²) in [6.45, 7) is 3.55. The molecular formula is C11H15FN2O. The maximum Gasteiger partial charge on any atom is 0.282 e. The smallest absolute Gasteiger partial charge is 0.282 e. The Morgan fingerprint density at radius 3 is 2.53 bits per heavy atom. The molecule has 0 unspecified atom stereocenters. The summed E-state index contributed by atoms with van der Waals surface area (Å²) in [5.74, 6) is -0.296. The predicted octanol–water partition coefficient (Wildman–Crippen LogP) is 2.02. The lowest BCUT2D eigenvalue weighted by Crippen LogP contribution is -2.23. The molecule has 82 valence electrons. The van der Waals surface area contributed by atoms with Crippen LogP contribution in [0.25, 0.3) is 0 Å². The average Bonchev–Trinajstić information content (AvgIpc) is 2.17.